The molecule has 5 nitrogen and oxygen atoms in total. The number of ether oxygens (including phenoxy) is 1. The van der Waals surface area contributed by atoms with Crippen LogP contribution in [-0.4, -0.2) is 36.0 Å². The van der Waals surface area contributed by atoms with E-state index in [-0.39, 0.29) is 5.69 Å². The van der Waals surface area contributed by atoms with Crippen LogP contribution in [0.25, 0.3) is 0 Å². The number of nitrogens with zero attached hydrogens (tertiary/aromatic N) is 2. The number of non-ortho nitro benzene ring substituents is 1. The molecular weight excluding hydrogens is 240 g/mol. The Morgan fingerprint density at radius 1 is 1.47 bits per heavy atom. The highest BCUT2D eigenvalue weighted by molar-refractivity contribution is 7.80. The van der Waals surface area contributed by atoms with Gasteiger partial charge < -0.3 is 9.64 Å². The van der Waals surface area contributed by atoms with E-state index < -0.39 is 4.92 Å². The Morgan fingerprint density at radius 2 is 2.06 bits per heavy atom. The summed E-state index contributed by atoms with van der Waals surface area (Å²) in [6.07, 6.45) is 0. The fourth-order valence-corrected chi connectivity index (χ4v) is 1.68. The molecule has 0 aliphatic rings. The first-order valence-corrected chi connectivity index (χ1v) is 5.34. The lowest BCUT2D eigenvalue weighted by atomic mass is 10.1. The van der Waals surface area contributed by atoms with Crippen molar-refractivity contribution in [3.05, 3.63) is 33.4 Å². The van der Waals surface area contributed by atoms with Gasteiger partial charge in [0.05, 0.1) is 17.6 Å². The van der Waals surface area contributed by atoms with Gasteiger partial charge in [-0.05, 0) is 12.5 Å². The van der Waals surface area contributed by atoms with Crippen LogP contribution in [0.1, 0.15) is 11.1 Å². The van der Waals surface area contributed by atoms with Crippen molar-refractivity contribution in [1.29, 1.82) is 0 Å². The summed E-state index contributed by atoms with van der Waals surface area (Å²) < 4.78 is 5.25. The van der Waals surface area contributed by atoms with Gasteiger partial charge in [-0.15, -0.1) is 0 Å². The highest BCUT2D eigenvalue weighted by Crippen LogP contribution is 2.29. The van der Waals surface area contributed by atoms with E-state index in [1.807, 2.05) is 0 Å². The average molecular weight is 254 g/mol. The summed E-state index contributed by atoms with van der Waals surface area (Å²) >= 11 is 5.23. The summed E-state index contributed by atoms with van der Waals surface area (Å²) in [4.78, 5) is 12.6. The second-order valence-electron chi connectivity index (χ2n) is 3.80. The number of nitro groups is 1. The van der Waals surface area contributed by atoms with E-state index in [1.54, 1.807) is 25.9 Å². The van der Waals surface area contributed by atoms with Gasteiger partial charge in [0.1, 0.15) is 10.7 Å². The Morgan fingerprint density at radius 3 is 2.47 bits per heavy atom. The third-order valence-corrected chi connectivity index (χ3v) is 2.90. The van der Waals surface area contributed by atoms with Gasteiger partial charge in [-0.25, -0.2) is 0 Å². The maximum atomic E-state index is 10.8. The molecule has 92 valence electrons. The Hall–Kier alpha value is -1.69. The van der Waals surface area contributed by atoms with Gasteiger partial charge in [0.25, 0.3) is 5.69 Å². The highest BCUT2D eigenvalue weighted by atomic mass is 32.1. The van der Waals surface area contributed by atoms with Crippen molar-refractivity contribution in [1.82, 2.24) is 4.90 Å². The smallest absolute Gasteiger partial charge is 0.270 e. The molecule has 0 saturated carbocycles. The van der Waals surface area contributed by atoms with Crippen LogP contribution in [0, 0.1) is 17.0 Å². The van der Waals surface area contributed by atoms with E-state index in [9.17, 15) is 10.1 Å². The molecule has 0 radical (unpaired) electrons. The van der Waals surface area contributed by atoms with Crippen LogP contribution in [-0.2, 0) is 0 Å². The molecule has 0 heterocycles. The summed E-state index contributed by atoms with van der Waals surface area (Å²) in [7, 11) is 5.10. The van der Waals surface area contributed by atoms with Crippen molar-refractivity contribution in [3.63, 3.8) is 0 Å². The molecule has 1 rings (SSSR count). The Bertz CT molecular complexity index is 472. The van der Waals surface area contributed by atoms with Crippen molar-refractivity contribution in [2.75, 3.05) is 21.2 Å². The predicted octanol–water partition coefficient (Wildman–Crippen LogP) is 2.15. The van der Waals surface area contributed by atoms with E-state index in [1.165, 1.54) is 19.2 Å². The molecule has 1 aromatic rings. The first kappa shape index (κ1) is 13.4. The summed E-state index contributed by atoms with van der Waals surface area (Å²) in [5.74, 6) is 0.578. The van der Waals surface area contributed by atoms with Crippen LogP contribution in [0.15, 0.2) is 12.1 Å². The van der Waals surface area contributed by atoms with Crippen molar-refractivity contribution < 1.29 is 9.66 Å². The summed E-state index contributed by atoms with van der Waals surface area (Å²) in [5.41, 5.74) is 1.28. The van der Waals surface area contributed by atoms with Gasteiger partial charge in [0.2, 0.25) is 0 Å². The van der Waals surface area contributed by atoms with Crippen LogP contribution >= 0.6 is 12.2 Å². The molecular formula is C11H14N2O3S. The van der Waals surface area contributed by atoms with Crippen LogP contribution in [0.4, 0.5) is 5.69 Å². The first-order chi connectivity index (χ1) is 7.88. The number of thiocarbonyl (C=S) groups is 1. The average Bonchev–Trinajstić information content (AvgIpc) is 2.26. The number of hydrogen-bond acceptors (Lipinski definition) is 4. The fraction of sp³-hybridized carbons (Fsp3) is 0.364. The molecule has 17 heavy (non-hydrogen) atoms. The molecule has 0 bridgehead atoms. The monoisotopic (exact) mass is 254 g/mol. The van der Waals surface area contributed by atoms with Gasteiger partial charge in [0.15, 0.2) is 0 Å². The molecule has 6 heteroatoms. The van der Waals surface area contributed by atoms with Gasteiger partial charge in [0, 0.05) is 26.2 Å². The van der Waals surface area contributed by atoms with E-state index in [4.69, 9.17) is 17.0 Å². The predicted molar refractivity (Wildman–Crippen MR) is 69.8 cm³/mol. The van der Waals surface area contributed by atoms with E-state index in [2.05, 4.69) is 0 Å². The lowest BCUT2D eigenvalue weighted by molar-refractivity contribution is -0.384. The Labute approximate surface area is 105 Å². The van der Waals surface area contributed by atoms with Gasteiger partial charge in [-0.2, -0.15) is 0 Å². The van der Waals surface area contributed by atoms with Gasteiger partial charge in [-0.3, -0.25) is 10.1 Å². The van der Waals surface area contributed by atoms with Crippen LogP contribution < -0.4 is 4.74 Å². The van der Waals surface area contributed by atoms with Gasteiger partial charge >= 0.3 is 0 Å². The quantitative estimate of drug-likeness (QED) is 0.470. The molecule has 0 aliphatic carbocycles. The molecule has 0 unspecified atom stereocenters. The van der Waals surface area contributed by atoms with Crippen LogP contribution in [0.3, 0.4) is 0 Å². The molecule has 0 atom stereocenters. The van der Waals surface area contributed by atoms with Crippen molar-refractivity contribution in [3.8, 4) is 5.75 Å². The standard InChI is InChI=1S/C11H14N2O3S/c1-7-5-8(13(14)15)6-9(10(7)16-4)11(17)12(2)3/h5-6H,1-4H3. The maximum absolute atomic E-state index is 10.8. The lowest BCUT2D eigenvalue weighted by Gasteiger charge is -2.17. The summed E-state index contributed by atoms with van der Waals surface area (Å²) in [6.45, 7) is 1.76. The lowest BCUT2D eigenvalue weighted by Crippen LogP contribution is -2.21. The number of rotatable bonds is 3. The largest absolute Gasteiger partial charge is 0.496 e. The second-order valence-corrected chi connectivity index (χ2v) is 4.19. The number of nitro benzene ring substituents is 1. The summed E-state index contributed by atoms with van der Waals surface area (Å²) in [6, 6.07) is 2.91. The third kappa shape index (κ3) is 2.71. The minimum atomic E-state index is -0.436. The molecule has 0 amide bonds. The van der Waals surface area contributed by atoms with Crippen LogP contribution in [0.2, 0.25) is 0 Å². The molecule has 0 saturated heterocycles. The van der Waals surface area contributed by atoms with E-state index in [0.29, 0.717) is 21.9 Å². The minimum Gasteiger partial charge on any atom is -0.496 e. The zero-order chi connectivity index (χ0) is 13.2. The van der Waals surface area contributed by atoms with Crippen molar-refractivity contribution in [2.24, 2.45) is 0 Å². The van der Waals surface area contributed by atoms with Gasteiger partial charge in [-0.1, -0.05) is 12.2 Å². The Kier molecular flexibility index (Phi) is 4.01. The zero-order valence-electron chi connectivity index (χ0n) is 10.2. The molecule has 0 aliphatic heterocycles. The second kappa shape index (κ2) is 5.09. The number of methoxy groups -OCH3 is 1. The SMILES string of the molecule is COc1c(C)cc([N+](=O)[O-])cc1C(=S)N(C)C. The normalized spacial score (nSPS) is 9.88. The zero-order valence-corrected chi connectivity index (χ0v) is 11.0. The van der Waals surface area contributed by atoms with Crippen molar-refractivity contribution >= 4 is 22.9 Å². The molecule has 0 N–H and O–H groups in total. The van der Waals surface area contributed by atoms with E-state index >= 15 is 0 Å². The fourth-order valence-electron chi connectivity index (χ4n) is 1.53. The topological polar surface area (TPSA) is 55.6 Å². The van der Waals surface area contributed by atoms with E-state index in [0.717, 1.165) is 0 Å². The number of benzene rings is 1. The highest BCUT2D eigenvalue weighted by Gasteiger charge is 2.18. The summed E-state index contributed by atoms with van der Waals surface area (Å²) in [5, 5.41) is 10.8. The molecule has 0 spiro atoms. The molecule has 0 aromatic heterocycles. The first-order valence-electron chi connectivity index (χ1n) is 4.93. The minimum absolute atomic E-state index is 0.0162. The third-order valence-electron chi connectivity index (χ3n) is 2.31. The maximum Gasteiger partial charge on any atom is 0.270 e. The van der Waals surface area contributed by atoms with Crippen molar-refractivity contribution in [2.45, 2.75) is 6.92 Å². The molecule has 0 fully saturated rings. The van der Waals surface area contributed by atoms with Crippen LogP contribution in [0.5, 0.6) is 5.75 Å². The number of hydrogen-bond donors (Lipinski definition) is 0. The number of aryl methyl sites for hydroxylation is 1. The Balaban J connectivity index is 3.44. The molecule has 1 aromatic carbocycles.